The molecule has 0 radical (unpaired) electrons. The largest absolute Gasteiger partial charge is 0.497 e. The zero-order chi connectivity index (χ0) is 26.1. The molecule has 1 aliphatic rings. The van der Waals surface area contributed by atoms with E-state index < -0.39 is 36.0 Å². The van der Waals surface area contributed by atoms with Crippen LogP contribution in [0.4, 0.5) is 10.5 Å². The summed E-state index contributed by atoms with van der Waals surface area (Å²) < 4.78 is 5.11. The lowest BCUT2D eigenvalue weighted by atomic mass is 10.0. The molecule has 10 nitrogen and oxygen atoms in total. The lowest BCUT2D eigenvalue weighted by Crippen LogP contribution is -2.53. The summed E-state index contributed by atoms with van der Waals surface area (Å²) in [5, 5.41) is 8.27. The molecular weight excluding hydrogens is 482 g/mol. The van der Waals surface area contributed by atoms with Crippen LogP contribution in [0.1, 0.15) is 12.0 Å². The number of carbonyl (C=O) groups is 4. The third kappa shape index (κ3) is 7.38. The van der Waals surface area contributed by atoms with E-state index in [9.17, 15) is 19.2 Å². The van der Waals surface area contributed by atoms with Gasteiger partial charge in [0.2, 0.25) is 17.7 Å². The van der Waals surface area contributed by atoms with E-state index in [1.807, 2.05) is 30.3 Å². The SMILES string of the molecule is COc1ccc(NC(=O)N[C@H]2C[C@@H](C(=O)N[C@H](Cc3ccccc3)C(N)=O)N(C(=O)CSC)C2)cc1. The number of thioether (sulfide) groups is 1. The molecule has 0 saturated carbocycles. The summed E-state index contributed by atoms with van der Waals surface area (Å²) in [5.74, 6) is -0.515. The number of primary amides is 1. The van der Waals surface area contributed by atoms with Gasteiger partial charge in [-0.1, -0.05) is 30.3 Å². The normalized spacial score (nSPS) is 17.7. The molecule has 0 spiro atoms. The first-order valence-corrected chi connectivity index (χ1v) is 12.8. The van der Waals surface area contributed by atoms with Crippen molar-refractivity contribution in [3.63, 3.8) is 0 Å². The van der Waals surface area contributed by atoms with Crippen molar-refractivity contribution in [2.24, 2.45) is 5.73 Å². The number of nitrogens with zero attached hydrogens (tertiary/aromatic N) is 1. The predicted molar refractivity (Wildman–Crippen MR) is 139 cm³/mol. The smallest absolute Gasteiger partial charge is 0.319 e. The van der Waals surface area contributed by atoms with Crippen molar-refractivity contribution >= 4 is 41.2 Å². The Labute approximate surface area is 214 Å². The molecule has 3 rings (SSSR count). The molecule has 1 saturated heterocycles. The predicted octanol–water partition coefficient (Wildman–Crippen LogP) is 1.36. The van der Waals surface area contributed by atoms with E-state index in [1.165, 1.54) is 16.7 Å². The Morgan fingerprint density at radius 2 is 1.81 bits per heavy atom. The lowest BCUT2D eigenvalue weighted by molar-refractivity contribution is -0.137. The van der Waals surface area contributed by atoms with Gasteiger partial charge in [-0.2, -0.15) is 11.8 Å². The molecule has 1 aliphatic heterocycles. The fourth-order valence-corrected chi connectivity index (χ4v) is 4.45. The summed E-state index contributed by atoms with van der Waals surface area (Å²) in [6.07, 6.45) is 2.24. The second-order valence-electron chi connectivity index (χ2n) is 8.41. The van der Waals surface area contributed by atoms with Crippen molar-refractivity contribution in [3.05, 3.63) is 60.2 Å². The van der Waals surface area contributed by atoms with E-state index in [2.05, 4.69) is 16.0 Å². The molecule has 2 aromatic carbocycles. The van der Waals surface area contributed by atoms with E-state index in [4.69, 9.17) is 10.5 Å². The first kappa shape index (κ1) is 26.9. The van der Waals surface area contributed by atoms with Crippen molar-refractivity contribution in [3.8, 4) is 5.75 Å². The van der Waals surface area contributed by atoms with Gasteiger partial charge < -0.3 is 31.3 Å². The second kappa shape index (κ2) is 12.8. The highest BCUT2D eigenvalue weighted by Gasteiger charge is 2.40. The minimum absolute atomic E-state index is 0.174. The monoisotopic (exact) mass is 513 g/mol. The number of methoxy groups -OCH3 is 1. The van der Waals surface area contributed by atoms with Crippen LogP contribution in [-0.4, -0.2) is 72.4 Å². The molecule has 0 bridgehead atoms. The number of ether oxygens (including phenoxy) is 1. The number of nitrogens with one attached hydrogen (secondary N) is 3. The number of rotatable bonds is 10. The van der Waals surface area contributed by atoms with Gasteiger partial charge in [0.1, 0.15) is 17.8 Å². The Hall–Kier alpha value is -3.73. The Morgan fingerprint density at radius 3 is 2.42 bits per heavy atom. The maximum absolute atomic E-state index is 13.2. The van der Waals surface area contributed by atoms with Gasteiger partial charge in [0, 0.05) is 18.7 Å². The standard InChI is InChI=1S/C25H31N5O5S/c1-35-19-10-8-17(9-11-19)27-25(34)28-18-13-21(30(14-18)22(31)15-36-2)24(33)29-20(23(26)32)12-16-6-4-3-5-7-16/h3-11,18,20-21H,12-15H2,1-2H3,(H2,26,32)(H,29,33)(H2,27,28,34)/t18-,20+,21-/m0/s1. The third-order valence-corrected chi connectivity index (χ3v) is 6.35. The van der Waals surface area contributed by atoms with Gasteiger partial charge >= 0.3 is 6.03 Å². The molecule has 11 heteroatoms. The van der Waals surface area contributed by atoms with Crippen LogP contribution in [0.15, 0.2) is 54.6 Å². The molecule has 3 atom stereocenters. The number of hydrogen-bond acceptors (Lipinski definition) is 6. The average molecular weight is 514 g/mol. The minimum Gasteiger partial charge on any atom is -0.497 e. The van der Waals surface area contributed by atoms with Crippen molar-refractivity contribution in [2.45, 2.75) is 31.0 Å². The van der Waals surface area contributed by atoms with E-state index in [-0.39, 0.29) is 31.0 Å². The van der Waals surface area contributed by atoms with Gasteiger partial charge in [-0.25, -0.2) is 4.79 Å². The van der Waals surface area contributed by atoms with Gasteiger partial charge in [0.05, 0.1) is 18.9 Å². The highest BCUT2D eigenvalue weighted by Crippen LogP contribution is 2.21. The van der Waals surface area contributed by atoms with Crippen molar-refractivity contribution in [2.75, 3.05) is 31.0 Å². The molecule has 0 unspecified atom stereocenters. The average Bonchev–Trinajstić information content (AvgIpc) is 3.28. The molecule has 2 aromatic rings. The van der Waals surface area contributed by atoms with Crippen molar-refractivity contribution < 1.29 is 23.9 Å². The van der Waals surface area contributed by atoms with Crippen LogP contribution in [0.5, 0.6) is 5.75 Å². The highest BCUT2D eigenvalue weighted by atomic mass is 32.2. The van der Waals surface area contributed by atoms with E-state index in [0.29, 0.717) is 11.4 Å². The number of nitrogens with two attached hydrogens (primary N) is 1. The summed E-state index contributed by atoms with van der Waals surface area (Å²) in [6.45, 7) is 0.174. The Kier molecular flexibility index (Phi) is 9.57. The fraction of sp³-hybridized carbons (Fsp3) is 0.360. The van der Waals surface area contributed by atoms with Crippen molar-refractivity contribution in [1.82, 2.24) is 15.5 Å². The van der Waals surface area contributed by atoms with Gasteiger partial charge in [0.15, 0.2) is 0 Å². The highest BCUT2D eigenvalue weighted by molar-refractivity contribution is 7.99. The van der Waals surface area contributed by atoms with Crippen LogP contribution in [0, 0.1) is 0 Å². The number of benzene rings is 2. The van der Waals surface area contributed by atoms with Crippen molar-refractivity contribution in [1.29, 1.82) is 0 Å². The summed E-state index contributed by atoms with van der Waals surface area (Å²) >= 11 is 1.34. The molecule has 36 heavy (non-hydrogen) atoms. The number of likely N-dealkylation sites (tertiary alicyclic amines) is 1. The molecule has 1 fully saturated rings. The van der Waals surface area contributed by atoms with Crippen LogP contribution in [0.3, 0.4) is 0 Å². The summed E-state index contributed by atoms with van der Waals surface area (Å²) in [4.78, 5) is 52.0. The number of anilines is 1. The molecule has 192 valence electrons. The first-order valence-electron chi connectivity index (χ1n) is 11.4. The number of hydrogen-bond donors (Lipinski definition) is 4. The third-order valence-electron chi connectivity index (χ3n) is 5.82. The van der Waals surface area contributed by atoms with Crippen LogP contribution < -0.4 is 26.4 Å². The zero-order valence-electron chi connectivity index (χ0n) is 20.2. The Bertz CT molecular complexity index is 1070. The first-order chi connectivity index (χ1) is 17.3. The van der Waals surface area contributed by atoms with Gasteiger partial charge in [-0.15, -0.1) is 0 Å². The molecule has 1 heterocycles. The van der Waals surface area contributed by atoms with Crippen LogP contribution in [0.25, 0.3) is 0 Å². The van der Waals surface area contributed by atoms with E-state index in [1.54, 1.807) is 37.6 Å². The summed E-state index contributed by atoms with van der Waals surface area (Å²) in [5.41, 5.74) is 6.96. The van der Waals surface area contributed by atoms with Crippen LogP contribution in [0.2, 0.25) is 0 Å². The quantitative estimate of drug-likeness (QED) is 0.378. The second-order valence-corrected chi connectivity index (χ2v) is 9.27. The van der Waals surface area contributed by atoms with Crippen LogP contribution in [-0.2, 0) is 20.8 Å². The lowest BCUT2D eigenvalue weighted by Gasteiger charge is -2.25. The van der Waals surface area contributed by atoms with E-state index >= 15 is 0 Å². The number of urea groups is 1. The fourth-order valence-electron chi connectivity index (χ4n) is 4.04. The molecular formula is C25H31N5O5S. The molecule has 0 aromatic heterocycles. The maximum atomic E-state index is 13.2. The maximum Gasteiger partial charge on any atom is 0.319 e. The number of carbonyl (C=O) groups excluding carboxylic acids is 4. The minimum atomic E-state index is -0.928. The topological polar surface area (TPSA) is 143 Å². The van der Waals surface area contributed by atoms with Gasteiger partial charge in [-0.05, 0) is 42.5 Å². The van der Waals surface area contributed by atoms with E-state index in [0.717, 1.165) is 5.56 Å². The summed E-state index contributed by atoms with van der Waals surface area (Å²) in [7, 11) is 1.55. The van der Waals surface area contributed by atoms with Crippen LogP contribution >= 0.6 is 11.8 Å². The Balaban J connectivity index is 1.66. The molecule has 5 N–H and O–H groups in total. The Morgan fingerprint density at radius 1 is 1.11 bits per heavy atom. The number of amides is 5. The molecule has 0 aliphatic carbocycles. The zero-order valence-corrected chi connectivity index (χ0v) is 21.0. The van der Waals surface area contributed by atoms with Gasteiger partial charge in [-0.3, -0.25) is 14.4 Å². The van der Waals surface area contributed by atoms with Gasteiger partial charge in [0.25, 0.3) is 0 Å². The summed E-state index contributed by atoms with van der Waals surface area (Å²) in [6, 6.07) is 13.4. The molecule has 5 amide bonds.